The van der Waals surface area contributed by atoms with E-state index >= 15 is 0 Å². The standard InChI is InChI=1S/C13H25N3/c1-4-12(2)9-14-8-6-5-7-13-10-15-16(3)11-13/h10-12,14H,4-9H2,1-3H3. The molecule has 0 aromatic carbocycles. The fourth-order valence-corrected chi connectivity index (χ4v) is 1.67. The molecular weight excluding hydrogens is 198 g/mol. The third kappa shape index (κ3) is 5.31. The lowest BCUT2D eigenvalue weighted by Gasteiger charge is -2.09. The first-order chi connectivity index (χ1) is 7.72. The Balaban J connectivity index is 1.96. The normalized spacial score (nSPS) is 12.9. The first-order valence-corrected chi connectivity index (χ1v) is 6.40. The lowest BCUT2D eigenvalue weighted by atomic mass is 10.1. The van der Waals surface area contributed by atoms with Crippen LogP contribution in [0.1, 0.15) is 38.7 Å². The van der Waals surface area contributed by atoms with E-state index in [4.69, 9.17) is 0 Å². The first kappa shape index (κ1) is 13.2. The summed E-state index contributed by atoms with van der Waals surface area (Å²) >= 11 is 0. The number of nitrogens with zero attached hydrogens (tertiary/aromatic N) is 2. The number of rotatable bonds is 8. The van der Waals surface area contributed by atoms with Crippen molar-refractivity contribution in [3.8, 4) is 0 Å². The molecule has 1 unspecified atom stereocenters. The molecule has 1 atom stereocenters. The van der Waals surface area contributed by atoms with Crippen molar-refractivity contribution in [3.05, 3.63) is 18.0 Å². The molecule has 1 N–H and O–H groups in total. The van der Waals surface area contributed by atoms with E-state index in [1.54, 1.807) is 0 Å². The first-order valence-electron chi connectivity index (χ1n) is 6.40. The second kappa shape index (κ2) is 7.44. The molecule has 0 spiro atoms. The largest absolute Gasteiger partial charge is 0.316 e. The maximum Gasteiger partial charge on any atom is 0.0521 e. The maximum absolute atomic E-state index is 4.17. The van der Waals surface area contributed by atoms with Gasteiger partial charge in [-0.25, -0.2) is 0 Å². The monoisotopic (exact) mass is 223 g/mol. The van der Waals surface area contributed by atoms with E-state index in [0.29, 0.717) is 0 Å². The highest BCUT2D eigenvalue weighted by Crippen LogP contribution is 2.03. The van der Waals surface area contributed by atoms with Crippen LogP contribution in [-0.4, -0.2) is 22.9 Å². The maximum atomic E-state index is 4.17. The van der Waals surface area contributed by atoms with Crippen LogP contribution in [0.25, 0.3) is 0 Å². The van der Waals surface area contributed by atoms with Crippen molar-refractivity contribution in [1.82, 2.24) is 15.1 Å². The Labute approximate surface area is 99.2 Å². The van der Waals surface area contributed by atoms with E-state index in [9.17, 15) is 0 Å². The van der Waals surface area contributed by atoms with E-state index in [0.717, 1.165) is 25.4 Å². The average Bonchev–Trinajstić information content (AvgIpc) is 2.69. The van der Waals surface area contributed by atoms with E-state index < -0.39 is 0 Å². The van der Waals surface area contributed by atoms with Gasteiger partial charge in [0.05, 0.1) is 6.20 Å². The second-order valence-electron chi connectivity index (χ2n) is 4.70. The van der Waals surface area contributed by atoms with Gasteiger partial charge in [-0.3, -0.25) is 4.68 Å². The van der Waals surface area contributed by atoms with Crippen LogP contribution in [-0.2, 0) is 13.5 Å². The van der Waals surface area contributed by atoms with Crippen LogP contribution in [0.15, 0.2) is 12.4 Å². The number of nitrogens with one attached hydrogen (secondary N) is 1. The zero-order valence-electron chi connectivity index (χ0n) is 10.9. The van der Waals surface area contributed by atoms with E-state index in [-0.39, 0.29) is 0 Å². The van der Waals surface area contributed by atoms with Crippen LogP contribution in [0.2, 0.25) is 0 Å². The van der Waals surface area contributed by atoms with Crippen LogP contribution in [0.4, 0.5) is 0 Å². The third-order valence-electron chi connectivity index (χ3n) is 3.02. The third-order valence-corrected chi connectivity index (χ3v) is 3.02. The zero-order chi connectivity index (χ0) is 11.8. The molecule has 3 nitrogen and oxygen atoms in total. The van der Waals surface area contributed by atoms with Gasteiger partial charge in [0.15, 0.2) is 0 Å². The van der Waals surface area contributed by atoms with E-state index in [1.165, 1.54) is 24.8 Å². The van der Waals surface area contributed by atoms with Crippen molar-refractivity contribution in [3.63, 3.8) is 0 Å². The van der Waals surface area contributed by atoms with Gasteiger partial charge in [-0.2, -0.15) is 5.10 Å². The average molecular weight is 223 g/mol. The molecule has 16 heavy (non-hydrogen) atoms. The minimum atomic E-state index is 0.804. The fourth-order valence-electron chi connectivity index (χ4n) is 1.67. The quantitative estimate of drug-likeness (QED) is 0.686. The molecule has 0 aliphatic carbocycles. The predicted molar refractivity (Wildman–Crippen MR) is 68.5 cm³/mol. The minimum Gasteiger partial charge on any atom is -0.316 e. The lowest BCUT2D eigenvalue weighted by Crippen LogP contribution is -2.21. The summed E-state index contributed by atoms with van der Waals surface area (Å²) < 4.78 is 1.87. The van der Waals surface area contributed by atoms with Crippen molar-refractivity contribution in [2.75, 3.05) is 13.1 Å². The summed E-state index contributed by atoms with van der Waals surface area (Å²) in [7, 11) is 1.97. The summed E-state index contributed by atoms with van der Waals surface area (Å²) in [5.41, 5.74) is 1.35. The van der Waals surface area contributed by atoms with E-state index in [1.807, 2.05) is 17.9 Å². The second-order valence-corrected chi connectivity index (χ2v) is 4.70. The highest BCUT2D eigenvalue weighted by atomic mass is 15.2. The Morgan fingerprint density at radius 2 is 2.25 bits per heavy atom. The Hall–Kier alpha value is -0.830. The van der Waals surface area contributed by atoms with Crippen molar-refractivity contribution in [2.45, 2.75) is 39.5 Å². The zero-order valence-corrected chi connectivity index (χ0v) is 10.9. The number of hydrogen-bond donors (Lipinski definition) is 1. The van der Waals surface area contributed by atoms with Crippen molar-refractivity contribution in [2.24, 2.45) is 13.0 Å². The number of aryl methyl sites for hydroxylation is 2. The molecule has 1 aromatic heterocycles. The SMILES string of the molecule is CCC(C)CNCCCCc1cnn(C)c1. The van der Waals surface area contributed by atoms with Crippen LogP contribution in [0.3, 0.4) is 0 Å². The van der Waals surface area contributed by atoms with Gasteiger partial charge >= 0.3 is 0 Å². The summed E-state index contributed by atoms with van der Waals surface area (Å²) in [5.74, 6) is 0.804. The topological polar surface area (TPSA) is 29.9 Å². The number of unbranched alkanes of at least 4 members (excludes halogenated alkanes) is 1. The van der Waals surface area contributed by atoms with Crippen molar-refractivity contribution < 1.29 is 0 Å². The molecule has 0 aliphatic heterocycles. The van der Waals surface area contributed by atoms with E-state index in [2.05, 4.69) is 30.5 Å². The molecule has 0 amide bonds. The van der Waals surface area contributed by atoms with Gasteiger partial charge in [-0.15, -0.1) is 0 Å². The molecule has 3 heteroatoms. The Morgan fingerprint density at radius 3 is 2.88 bits per heavy atom. The molecule has 0 fully saturated rings. The fraction of sp³-hybridized carbons (Fsp3) is 0.769. The smallest absolute Gasteiger partial charge is 0.0521 e. The molecule has 1 rings (SSSR count). The summed E-state index contributed by atoms with van der Waals surface area (Å²) in [5, 5.41) is 7.67. The molecule has 0 saturated carbocycles. The van der Waals surface area contributed by atoms with Gasteiger partial charge in [-0.1, -0.05) is 20.3 Å². The summed E-state index contributed by atoms with van der Waals surface area (Å²) in [6.45, 7) is 6.84. The van der Waals surface area contributed by atoms with Crippen molar-refractivity contribution in [1.29, 1.82) is 0 Å². The molecule has 0 saturated heterocycles. The molecule has 1 aromatic rings. The molecule has 1 heterocycles. The summed E-state index contributed by atoms with van der Waals surface area (Å²) in [6.07, 6.45) is 8.99. The van der Waals surface area contributed by atoms with Gasteiger partial charge < -0.3 is 5.32 Å². The van der Waals surface area contributed by atoms with Gasteiger partial charge in [0.25, 0.3) is 0 Å². The highest BCUT2D eigenvalue weighted by Gasteiger charge is 1.98. The number of hydrogen-bond acceptors (Lipinski definition) is 2. The van der Waals surface area contributed by atoms with Crippen LogP contribution < -0.4 is 5.32 Å². The molecule has 92 valence electrons. The van der Waals surface area contributed by atoms with Crippen LogP contribution >= 0.6 is 0 Å². The van der Waals surface area contributed by atoms with Gasteiger partial charge in [0.1, 0.15) is 0 Å². The van der Waals surface area contributed by atoms with Gasteiger partial charge in [0, 0.05) is 13.2 Å². The van der Waals surface area contributed by atoms with Crippen molar-refractivity contribution >= 4 is 0 Å². The highest BCUT2D eigenvalue weighted by molar-refractivity contribution is 5.03. The predicted octanol–water partition coefficient (Wildman–Crippen LogP) is 2.38. The van der Waals surface area contributed by atoms with Crippen LogP contribution in [0.5, 0.6) is 0 Å². The Bertz CT molecular complexity index is 280. The van der Waals surface area contributed by atoms with Crippen LogP contribution in [0, 0.1) is 5.92 Å². The molecular formula is C13H25N3. The van der Waals surface area contributed by atoms with Gasteiger partial charge in [-0.05, 0) is 43.8 Å². The molecule has 0 bridgehead atoms. The molecule has 0 aliphatic rings. The van der Waals surface area contributed by atoms with Gasteiger partial charge in [0.2, 0.25) is 0 Å². The summed E-state index contributed by atoms with van der Waals surface area (Å²) in [6, 6.07) is 0. The Morgan fingerprint density at radius 1 is 1.44 bits per heavy atom. The number of aromatic nitrogens is 2. The lowest BCUT2D eigenvalue weighted by molar-refractivity contribution is 0.492. The summed E-state index contributed by atoms with van der Waals surface area (Å²) in [4.78, 5) is 0. The Kier molecular flexibility index (Phi) is 6.16. The minimum absolute atomic E-state index is 0.804. The molecule has 0 radical (unpaired) electrons.